The van der Waals surface area contributed by atoms with E-state index in [4.69, 9.17) is 23.9 Å². The first-order valence-electron chi connectivity index (χ1n) is 20.5. The van der Waals surface area contributed by atoms with E-state index in [9.17, 15) is 24.0 Å². The number of urea groups is 1. The molecule has 1 aromatic heterocycles. The summed E-state index contributed by atoms with van der Waals surface area (Å²) in [5.74, 6) is -0.155. The zero-order valence-electron chi connectivity index (χ0n) is 34.6. The van der Waals surface area contributed by atoms with Crippen LogP contribution in [0.15, 0.2) is 39.7 Å². The molecular formula is C41H61BrN6O9S2. The van der Waals surface area contributed by atoms with Gasteiger partial charge < -0.3 is 45.5 Å². The van der Waals surface area contributed by atoms with Gasteiger partial charge in [0, 0.05) is 66.8 Å². The average Bonchev–Trinajstić information content (AvgIpc) is 3.88. The molecule has 0 spiro atoms. The Hall–Kier alpha value is -3.29. The number of halogens is 1. The van der Waals surface area contributed by atoms with E-state index in [0.717, 1.165) is 45.8 Å². The van der Waals surface area contributed by atoms with Gasteiger partial charge >= 0.3 is 18.0 Å². The number of thioether (sulfide) groups is 1. The first kappa shape index (κ1) is 48.4. The summed E-state index contributed by atoms with van der Waals surface area (Å²) in [6.45, 7) is 9.78. The molecule has 0 saturated carbocycles. The zero-order chi connectivity index (χ0) is 42.6. The molecule has 3 aliphatic rings. The Morgan fingerprint density at radius 3 is 2.49 bits per heavy atom. The minimum Gasteiger partial charge on any atom is -0.462 e. The number of rotatable bonds is 18. The zero-order valence-corrected chi connectivity index (χ0v) is 37.8. The number of amides is 4. The molecule has 4 rings (SSSR count). The second-order valence-corrected chi connectivity index (χ2v) is 18.7. The lowest BCUT2D eigenvalue weighted by atomic mass is 9.97. The molecule has 2 fully saturated rings. The quantitative estimate of drug-likeness (QED) is 0.0784. The number of hydrogen-bond acceptors (Lipinski definition) is 13. The summed E-state index contributed by atoms with van der Waals surface area (Å²) in [4.78, 5) is 66.9. The SMILES string of the molecule is C/C(Br)=C\[C@@H]1Cc2nc(cs2)[C@@H](C)C[C@@H](NCC(=O)NCCOCCOCCNC(=O)CCCC[C@@H]2SC[C@@H]3NC(=O)N[C@@H]32)CC(=O)O[C@@H](C)C/C(C)=C/C=C\C(=O)O1. The number of unbranched alkanes of at least 4 members (excludes halogenated alkanes) is 1. The summed E-state index contributed by atoms with van der Waals surface area (Å²) in [5.41, 5.74) is 1.79. The minimum absolute atomic E-state index is 0.00295. The number of fused-ring (bicyclic) bond motifs is 3. The van der Waals surface area contributed by atoms with Crippen LogP contribution in [0.3, 0.4) is 0 Å². The summed E-state index contributed by atoms with van der Waals surface area (Å²) in [6, 6.07) is -0.0133. The third kappa shape index (κ3) is 18.9. The molecule has 7 atom stereocenters. The number of aromatic nitrogens is 1. The van der Waals surface area contributed by atoms with Crippen LogP contribution < -0.4 is 26.6 Å². The highest BCUT2D eigenvalue weighted by molar-refractivity contribution is 9.11. The highest BCUT2D eigenvalue weighted by Crippen LogP contribution is 2.33. The third-order valence-corrected chi connectivity index (χ3v) is 12.5. The van der Waals surface area contributed by atoms with Gasteiger partial charge in [-0.3, -0.25) is 14.4 Å². The predicted octanol–water partition coefficient (Wildman–Crippen LogP) is 4.57. The van der Waals surface area contributed by atoms with E-state index < -0.39 is 12.1 Å². The van der Waals surface area contributed by atoms with Crippen molar-refractivity contribution in [3.63, 3.8) is 0 Å². The summed E-state index contributed by atoms with van der Waals surface area (Å²) in [6.07, 6.45) is 10.5. The van der Waals surface area contributed by atoms with E-state index >= 15 is 0 Å². The predicted molar refractivity (Wildman–Crippen MR) is 233 cm³/mol. The molecule has 3 aliphatic heterocycles. The number of allylic oxidation sites excluding steroid dienone is 3. The first-order chi connectivity index (χ1) is 28.3. The maximum absolute atomic E-state index is 13.1. The minimum atomic E-state index is -0.503. The van der Waals surface area contributed by atoms with Crippen LogP contribution in [0.4, 0.5) is 4.79 Å². The van der Waals surface area contributed by atoms with Crippen molar-refractivity contribution in [1.82, 2.24) is 31.6 Å². The van der Waals surface area contributed by atoms with Crippen LogP contribution in [0.5, 0.6) is 0 Å². The molecule has 15 nitrogen and oxygen atoms in total. The molecule has 2 bridgehead atoms. The van der Waals surface area contributed by atoms with Gasteiger partial charge in [0.2, 0.25) is 11.8 Å². The fourth-order valence-electron chi connectivity index (χ4n) is 7.02. The Bertz CT molecular complexity index is 1640. The highest BCUT2D eigenvalue weighted by Gasteiger charge is 2.42. The molecule has 0 aliphatic carbocycles. The van der Waals surface area contributed by atoms with Crippen LogP contribution in [-0.4, -0.2) is 122 Å². The van der Waals surface area contributed by atoms with E-state index in [-0.39, 0.29) is 66.9 Å². The van der Waals surface area contributed by atoms with Crippen molar-refractivity contribution in [3.05, 3.63) is 50.4 Å². The van der Waals surface area contributed by atoms with E-state index in [1.54, 1.807) is 12.2 Å². The average molecular weight is 926 g/mol. The van der Waals surface area contributed by atoms with Crippen LogP contribution in [0, 0.1) is 0 Å². The lowest BCUT2D eigenvalue weighted by molar-refractivity contribution is -0.149. The largest absolute Gasteiger partial charge is 0.462 e. The molecule has 4 amide bonds. The first-order valence-corrected chi connectivity index (χ1v) is 23.2. The fraction of sp³-hybridized carbons (Fsp3) is 0.659. The summed E-state index contributed by atoms with van der Waals surface area (Å²) in [7, 11) is 0. The molecule has 4 heterocycles. The van der Waals surface area contributed by atoms with Gasteiger partial charge in [-0.05, 0) is 50.6 Å². The van der Waals surface area contributed by atoms with Gasteiger partial charge in [-0.1, -0.05) is 47.0 Å². The lowest BCUT2D eigenvalue weighted by Crippen LogP contribution is -2.42. The van der Waals surface area contributed by atoms with Crippen molar-refractivity contribution in [2.24, 2.45) is 0 Å². The third-order valence-electron chi connectivity index (χ3n) is 9.88. The van der Waals surface area contributed by atoms with Crippen molar-refractivity contribution < 1.29 is 42.9 Å². The summed E-state index contributed by atoms with van der Waals surface area (Å²) >= 11 is 6.82. The second kappa shape index (κ2) is 26.1. The van der Waals surface area contributed by atoms with Gasteiger partial charge in [0.15, 0.2) is 0 Å². The van der Waals surface area contributed by atoms with Crippen LogP contribution in [0.2, 0.25) is 0 Å². The van der Waals surface area contributed by atoms with Crippen LogP contribution in [-0.2, 0) is 44.5 Å². The summed E-state index contributed by atoms with van der Waals surface area (Å²) < 4.78 is 23.4. The van der Waals surface area contributed by atoms with Crippen LogP contribution in [0.1, 0.15) is 89.3 Å². The number of carbonyl (C=O) groups is 5. The Morgan fingerprint density at radius 2 is 1.75 bits per heavy atom. The number of esters is 2. The van der Waals surface area contributed by atoms with Crippen molar-refractivity contribution in [3.8, 4) is 0 Å². The van der Waals surface area contributed by atoms with Gasteiger partial charge in [-0.2, -0.15) is 11.8 Å². The number of nitrogens with zero attached hydrogens (tertiary/aromatic N) is 1. The number of thiazole rings is 1. The van der Waals surface area contributed by atoms with E-state index in [1.165, 1.54) is 17.4 Å². The fourth-order valence-corrected chi connectivity index (χ4v) is 9.82. The van der Waals surface area contributed by atoms with Gasteiger partial charge in [0.1, 0.15) is 12.2 Å². The number of carbonyl (C=O) groups excluding carboxylic acids is 5. The number of cyclic esters (lactones) is 2. The summed E-state index contributed by atoms with van der Waals surface area (Å²) in [5, 5.41) is 18.1. The molecule has 59 heavy (non-hydrogen) atoms. The molecule has 2 saturated heterocycles. The molecule has 1 aromatic rings. The van der Waals surface area contributed by atoms with Crippen LogP contribution >= 0.6 is 39.0 Å². The van der Waals surface area contributed by atoms with Crippen molar-refractivity contribution >= 4 is 68.8 Å². The normalized spacial score (nSPS) is 27.1. The molecule has 0 radical (unpaired) electrons. The lowest BCUT2D eigenvalue weighted by Gasteiger charge is -2.22. The van der Waals surface area contributed by atoms with Crippen molar-refractivity contribution in [1.29, 1.82) is 0 Å². The Kier molecular flexibility index (Phi) is 21.4. The van der Waals surface area contributed by atoms with Gasteiger partial charge in [0.05, 0.1) is 62.2 Å². The van der Waals surface area contributed by atoms with Crippen molar-refractivity contribution in [2.75, 3.05) is 51.8 Å². The Balaban J connectivity index is 1.11. The van der Waals surface area contributed by atoms with E-state index in [2.05, 4.69) is 42.5 Å². The number of nitrogens with one attached hydrogen (secondary N) is 5. The number of hydrogen-bond donors (Lipinski definition) is 5. The highest BCUT2D eigenvalue weighted by atomic mass is 79.9. The maximum atomic E-state index is 13.1. The molecule has 18 heteroatoms. The molecule has 0 unspecified atom stereocenters. The monoisotopic (exact) mass is 924 g/mol. The second-order valence-electron chi connectivity index (χ2n) is 15.2. The van der Waals surface area contributed by atoms with Gasteiger partial charge in [-0.15, -0.1) is 11.3 Å². The van der Waals surface area contributed by atoms with Crippen LogP contribution in [0.25, 0.3) is 0 Å². The smallest absolute Gasteiger partial charge is 0.331 e. The van der Waals surface area contributed by atoms with E-state index in [1.807, 2.05) is 50.9 Å². The maximum Gasteiger partial charge on any atom is 0.331 e. The number of ether oxygens (including phenoxy) is 4. The Labute approximate surface area is 364 Å². The standard InChI is InChI=1S/C41H61BrN6O9S2/c1-26-8-7-11-38(51)57-31(20-28(3)42)22-37-46-32(24-59-37)27(2)19-30(21-39(52)56-29(4)18-26)45-23-36(50)44-13-15-55-17-16-54-14-12-43-35(49)10-6-5-9-34-40-33(25-58-34)47-41(53)48-40/h7-8,11,20,24,27,29-31,33-34,40,45H,5-6,9-10,12-19,21-23,25H2,1-4H3,(H,43,49)(H,44,50)(H2,47,48,53)/b11-7-,26-8+,28-20+/t27-,29-,30+,31+,33-,34-,40-/m0/s1. The van der Waals surface area contributed by atoms with Crippen molar-refractivity contribution in [2.45, 2.75) is 121 Å². The molecule has 0 aromatic carbocycles. The molecular weight excluding hydrogens is 865 g/mol. The van der Waals surface area contributed by atoms with Gasteiger partial charge in [0.25, 0.3) is 0 Å². The van der Waals surface area contributed by atoms with E-state index in [0.29, 0.717) is 70.5 Å². The Morgan fingerprint density at radius 1 is 1.00 bits per heavy atom. The molecule has 328 valence electrons. The van der Waals surface area contributed by atoms with Gasteiger partial charge in [-0.25, -0.2) is 14.6 Å². The molecule has 5 N–H and O–H groups in total. The topological polar surface area (TPSA) is 195 Å².